The molecule has 55 heavy (non-hydrogen) atoms. The topological polar surface area (TPSA) is 184 Å². The molecule has 282 valence electrons. The number of anilines is 1. The Morgan fingerprint density at radius 2 is 1.38 bits per heavy atom. The van der Waals surface area contributed by atoms with E-state index in [0.717, 1.165) is 0 Å². The molecule has 6 rings (SSSR count). The Hall–Kier alpha value is -6.31. The zero-order chi connectivity index (χ0) is 39.3. The largest absolute Gasteiger partial charge is 0.459 e. The lowest BCUT2D eigenvalue weighted by Crippen LogP contribution is -2.43. The minimum Gasteiger partial charge on any atom is -0.459 e. The number of rotatable bonds is 10. The lowest BCUT2D eigenvalue weighted by atomic mass is 10.1. The molecule has 0 radical (unpaired) electrons. The third kappa shape index (κ3) is 8.58. The molecule has 5 aromatic rings. The number of halogens is 1. The standard InChI is InChI=1S/C39H35BrN6O9/c1-39(2,3)55-38(50)44-45(4)32-28-26(20-41)31(40)46(33(28)43-22-42-32)34-30(54-37(49)25-18-12-7-13-19-25)29(53-36(48)24-16-10-6-11-17-24)27(52-34)21-51-35(47)23-14-8-5-9-15-23/h5-19,22,27,29-30,34H,21H2,1-4H3,(H,44,50)/t27-,29-,30-,34-/m1/s1. The summed E-state index contributed by atoms with van der Waals surface area (Å²) in [5, 5.41) is 11.9. The molecule has 0 spiro atoms. The molecule has 2 aromatic heterocycles. The molecule has 0 unspecified atom stereocenters. The molecule has 1 amide bonds. The third-order valence-electron chi connectivity index (χ3n) is 8.22. The number of carbonyl (C=O) groups excluding carboxylic acids is 4. The number of nitrogens with one attached hydrogen (secondary N) is 1. The van der Waals surface area contributed by atoms with Crippen molar-refractivity contribution in [3.05, 3.63) is 124 Å². The highest BCUT2D eigenvalue weighted by molar-refractivity contribution is 9.10. The molecular formula is C39H35BrN6O9. The number of hydrazine groups is 1. The molecular weight excluding hydrogens is 776 g/mol. The smallest absolute Gasteiger partial charge is 0.426 e. The van der Waals surface area contributed by atoms with Gasteiger partial charge < -0.3 is 23.7 Å². The van der Waals surface area contributed by atoms with Gasteiger partial charge in [-0.2, -0.15) is 5.26 Å². The highest BCUT2D eigenvalue weighted by Gasteiger charge is 2.52. The summed E-state index contributed by atoms with van der Waals surface area (Å²) in [5.74, 6) is -2.09. The second-order valence-electron chi connectivity index (χ2n) is 13.2. The van der Waals surface area contributed by atoms with Gasteiger partial charge >= 0.3 is 24.0 Å². The van der Waals surface area contributed by atoms with E-state index >= 15 is 0 Å². The van der Waals surface area contributed by atoms with Crippen LogP contribution in [0.5, 0.6) is 0 Å². The summed E-state index contributed by atoms with van der Waals surface area (Å²) >= 11 is 3.53. The van der Waals surface area contributed by atoms with Gasteiger partial charge in [-0.25, -0.2) is 34.6 Å². The van der Waals surface area contributed by atoms with E-state index in [1.54, 1.807) is 112 Å². The Morgan fingerprint density at radius 1 is 0.855 bits per heavy atom. The number of amides is 1. The maximum atomic E-state index is 13.7. The molecule has 1 aliphatic rings. The van der Waals surface area contributed by atoms with E-state index in [4.69, 9.17) is 23.7 Å². The number of fused-ring (bicyclic) bond motifs is 1. The molecule has 3 heterocycles. The molecule has 0 aliphatic carbocycles. The van der Waals surface area contributed by atoms with E-state index in [2.05, 4.69) is 37.4 Å². The van der Waals surface area contributed by atoms with Gasteiger partial charge in [0.2, 0.25) is 0 Å². The first kappa shape index (κ1) is 38.4. The number of ether oxygens (including phenoxy) is 5. The van der Waals surface area contributed by atoms with Crippen molar-refractivity contribution in [2.45, 2.75) is 50.9 Å². The van der Waals surface area contributed by atoms with Crippen LogP contribution in [-0.2, 0) is 23.7 Å². The molecule has 1 aliphatic heterocycles. The molecule has 4 atom stereocenters. The first-order chi connectivity index (χ1) is 26.4. The number of esters is 3. The number of benzene rings is 3. The zero-order valence-corrected chi connectivity index (χ0v) is 31.6. The maximum absolute atomic E-state index is 13.7. The van der Waals surface area contributed by atoms with Crippen LogP contribution in [0.1, 0.15) is 63.6 Å². The van der Waals surface area contributed by atoms with Crippen LogP contribution in [0.2, 0.25) is 0 Å². The van der Waals surface area contributed by atoms with Gasteiger partial charge in [0.15, 0.2) is 24.3 Å². The maximum Gasteiger partial charge on any atom is 0.426 e. The predicted molar refractivity (Wildman–Crippen MR) is 200 cm³/mol. The zero-order valence-electron chi connectivity index (χ0n) is 30.0. The van der Waals surface area contributed by atoms with Crippen LogP contribution in [0.4, 0.5) is 10.6 Å². The van der Waals surface area contributed by atoms with Crippen LogP contribution in [0.3, 0.4) is 0 Å². The van der Waals surface area contributed by atoms with Crippen LogP contribution in [-0.4, -0.2) is 76.1 Å². The van der Waals surface area contributed by atoms with Crippen molar-refractivity contribution in [3.63, 3.8) is 0 Å². The lowest BCUT2D eigenvalue weighted by Gasteiger charge is -2.26. The SMILES string of the molecule is CN(NC(=O)OC(C)(C)C)c1ncnc2c1c(C#N)c(Br)n2[C@@H]1O[C@H](COC(=O)c2ccccc2)[C@@H](OC(=O)c2ccccc2)[C@H]1OC(=O)c1ccccc1. The summed E-state index contributed by atoms with van der Waals surface area (Å²) in [6.45, 7) is 4.71. The van der Waals surface area contributed by atoms with E-state index < -0.39 is 60.7 Å². The Bertz CT molecular complexity index is 2240. The Morgan fingerprint density at radius 3 is 1.91 bits per heavy atom. The van der Waals surface area contributed by atoms with Crippen molar-refractivity contribution < 1.29 is 42.9 Å². The molecule has 15 nitrogen and oxygen atoms in total. The fourth-order valence-corrected chi connectivity index (χ4v) is 6.49. The van der Waals surface area contributed by atoms with Crippen molar-refractivity contribution >= 4 is 56.8 Å². The van der Waals surface area contributed by atoms with Gasteiger partial charge in [0.1, 0.15) is 41.0 Å². The van der Waals surface area contributed by atoms with Crippen molar-refractivity contribution in [3.8, 4) is 6.07 Å². The van der Waals surface area contributed by atoms with Gasteiger partial charge in [-0.05, 0) is 73.1 Å². The summed E-state index contributed by atoms with van der Waals surface area (Å²) in [6, 6.07) is 26.8. The van der Waals surface area contributed by atoms with E-state index in [1.165, 1.54) is 23.0 Å². The Labute approximate surface area is 323 Å². The quantitative estimate of drug-likeness (QED) is 0.0964. The first-order valence-corrected chi connectivity index (χ1v) is 17.7. The highest BCUT2D eigenvalue weighted by Crippen LogP contribution is 2.42. The average Bonchev–Trinajstić information content (AvgIpc) is 3.65. The van der Waals surface area contributed by atoms with Crippen molar-refractivity contribution in [1.82, 2.24) is 20.0 Å². The van der Waals surface area contributed by atoms with Crippen LogP contribution in [0.25, 0.3) is 11.0 Å². The van der Waals surface area contributed by atoms with Gasteiger partial charge in [0, 0.05) is 7.05 Å². The van der Waals surface area contributed by atoms with Crippen LogP contribution >= 0.6 is 15.9 Å². The van der Waals surface area contributed by atoms with E-state index in [0.29, 0.717) is 0 Å². The van der Waals surface area contributed by atoms with Crippen molar-refractivity contribution in [2.75, 3.05) is 18.7 Å². The number of hydrogen-bond donors (Lipinski definition) is 1. The normalized spacial score (nSPS) is 17.8. The Kier molecular flexibility index (Phi) is 11.4. The number of aromatic nitrogens is 3. The number of nitriles is 1. The third-order valence-corrected chi connectivity index (χ3v) is 9.00. The van der Waals surface area contributed by atoms with Gasteiger partial charge in [0.25, 0.3) is 0 Å². The van der Waals surface area contributed by atoms with E-state index in [-0.39, 0.29) is 43.7 Å². The number of hydrogen-bond acceptors (Lipinski definition) is 13. The minimum atomic E-state index is -1.41. The van der Waals surface area contributed by atoms with Crippen LogP contribution in [0, 0.1) is 11.3 Å². The van der Waals surface area contributed by atoms with Crippen molar-refractivity contribution in [1.29, 1.82) is 5.26 Å². The molecule has 1 N–H and O–H groups in total. The second-order valence-corrected chi connectivity index (χ2v) is 14.0. The fourth-order valence-electron chi connectivity index (χ4n) is 5.83. The summed E-state index contributed by atoms with van der Waals surface area (Å²) in [7, 11) is 1.50. The predicted octanol–water partition coefficient (Wildman–Crippen LogP) is 6.15. The summed E-state index contributed by atoms with van der Waals surface area (Å²) < 4.78 is 31.3. The highest BCUT2D eigenvalue weighted by atomic mass is 79.9. The number of nitrogens with zero attached hydrogens (tertiary/aromatic N) is 5. The fraction of sp³-hybridized carbons (Fsp3) is 0.256. The lowest BCUT2D eigenvalue weighted by molar-refractivity contribution is -0.0612. The van der Waals surface area contributed by atoms with E-state index in [9.17, 15) is 24.4 Å². The molecule has 0 saturated carbocycles. The summed E-state index contributed by atoms with van der Waals surface area (Å²) in [6.07, 6.45) is -4.88. The van der Waals surface area contributed by atoms with Crippen LogP contribution < -0.4 is 10.4 Å². The molecule has 0 bridgehead atoms. The van der Waals surface area contributed by atoms with Gasteiger partial charge in [0.05, 0.1) is 27.6 Å². The molecule has 1 fully saturated rings. The molecule has 1 saturated heterocycles. The monoisotopic (exact) mass is 810 g/mol. The average molecular weight is 812 g/mol. The number of carbonyl (C=O) groups is 4. The Balaban J connectivity index is 1.45. The van der Waals surface area contributed by atoms with Crippen LogP contribution in [0.15, 0.2) is 102 Å². The summed E-state index contributed by atoms with van der Waals surface area (Å²) in [4.78, 5) is 61.9. The van der Waals surface area contributed by atoms with Gasteiger partial charge in [-0.1, -0.05) is 54.6 Å². The molecule has 16 heteroatoms. The minimum absolute atomic E-state index is 0.0389. The molecule has 3 aromatic carbocycles. The summed E-state index contributed by atoms with van der Waals surface area (Å²) in [5.41, 5.74) is 2.61. The van der Waals surface area contributed by atoms with Crippen molar-refractivity contribution in [2.24, 2.45) is 0 Å². The van der Waals surface area contributed by atoms with Gasteiger partial charge in [-0.15, -0.1) is 0 Å². The van der Waals surface area contributed by atoms with E-state index in [1.807, 2.05) is 0 Å². The first-order valence-electron chi connectivity index (χ1n) is 16.9. The second kappa shape index (κ2) is 16.4. The van der Waals surface area contributed by atoms with Gasteiger partial charge in [-0.3, -0.25) is 9.58 Å².